The van der Waals surface area contributed by atoms with E-state index in [1.165, 1.54) is 19.2 Å². The number of hydrogen-bond acceptors (Lipinski definition) is 2. The fraction of sp³-hybridized carbons (Fsp3) is 0.385. The van der Waals surface area contributed by atoms with Crippen LogP contribution in [0.25, 0.3) is 0 Å². The SMILES string of the molecule is CNC(=O)NC(=O)C[NH+](C)Cc1ccc(C(F)(F)F)cc1. The molecule has 1 aromatic carbocycles. The molecule has 0 saturated carbocycles. The average Bonchev–Trinajstić information content (AvgIpc) is 2.37. The number of halogens is 3. The third kappa shape index (κ3) is 5.82. The van der Waals surface area contributed by atoms with Crippen LogP contribution < -0.4 is 15.5 Å². The summed E-state index contributed by atoms with van der Waals surface area (Å²) in [5.41, 5.74) is -0.0329. The summed E-state index contributed by atoms with van der Waals surface area (Å²) in [6.45, 7) is 0.410. The largest absolute Gasteiger partial charge is 0.416 e. The molecule has 116 valence electrons. The lowest BCUT2D eigenvalue weighted by molar-refractivity contribution is -0.885. The molecule has 0 fully saturated rings. The van der Waals surface area contributed by atoms with Gasteiger partial charge in [0.2, 0.25) is 0 Å². The number of likely N-dealkylation sites (N-methyl/N-ethyl adjacent to an activating group) is 1. The Balaban J connectivity index is 2.53. The number of carbonyl (C=O) groups excluding carboxylic acids is 2. The molecule has 0 bridgehead atoms. The molecule has 3 amide bonds. The number of quaternary nitrogens is 1. The molecule has 1 unspecified atom stereocenters. The second-order valence-corrected chi connectivity index (χ2v) is 4.63. The van der Waals surface area contributed by atoms with Gasteiger partial charge < -0.3 is 10.2 Å². The van der Waals surface area contributed by atoms with Crippen molar-refractivity contribution in [3.8, 4) is 0 Å². The van der Waals surface area contributed by atoms with Gasteiger partial charge in [-0.15, -0.1) is 0 Å². The molecular weight excluding hydrogens is 287 g/mol. The minimum Gasteiger partial charge on any atom is -0.341 e. The van der Waals surface area contributed by atoms with Gasteiger partial charge in [0.05, 0.1) is 12.6 Å². The Hall–Kier alpha value is -2.09. The van der Waals surface area contributed by atoms with Crippen molar-refractivity contribution < 1.29 is 27.7 Å². The number of hydrogen-bond donors (Lipinski definition) is 3. The van der Waals surface area contributed by atoms with E-state index in [-0.39, 0.29) is 6.54 Å². The predicted molar refractivity (Wildman–Crippen MR) is 69.5 cm³/mol. The van der Waals surface area contributed by atoms with Gasteiger partial charge in [-0.3, -0.25) is 10.1 Å². The summed E-state index contributed by atoms with van der Waals surface area (Å²) >= 11 is 0. The van der Waals surface area contributed by atoms with Gasteiger partial charge in [0.15, 0.2) is 6.54 Å². The zero-order valence-electron chi connectivity index (χ0n) is 11.7. The van der Waals surface area contributed by atoms with E-state index in [2.05, 4.69) is 10.6 Å². The highest BCUT2D eigenvalue weighted by molar-refractivity contribution is 5.94. The van der Waals surface area contributed by atoms with Crippen LogP contribution in [0.15, 0.2) is 24.3 Å². The number of nitrogens with one attached hydrogen (secondary N) is 3. The Bertz CT molecular complexity index is 500. The summed E-state index contributed by atoms with van der Waals surface area (Å²) in [4.78, 5) is 23.1. The first-order valence-corrected chi connectivity index (χ1v) is 6.21. The maximum atomic E-state index is 12.4. The zero-order valence-corrected chi connectivity index (χ0v) is 11.7. The van der Waals surface area contributed by atoms with Crippen LogP contribution in [0.3, 0.4) is 0 Å². The van der Waals surface area contributed by atoms with E-state index >= 15 is 0 Å². The third-order valence-electron chi connectivity index (χ3n) is 2.73. The minimum atomic E-state index is -4.36. The number of benzene rings is 1. The summed E-state index contributed by atoms with van der Waals surface area (Å²) < 4.78 is 37.2. The standard InChI is InChI=1S/C13H16F3N3O2/c1-17-12(21)18-11(20)8-19(2)7-9-3-5-10(6-4-9)13(14,15)16/h3-6H,7-8H2,1-2H3,(H2,17,18,20,21)/p+1. The number of alkyl halides is 3. The summed E-state index contributed by atoms with van der Waals surface area (Å²) in [5.74, 6) is -0.459. The van der Waals surface area contributed by atoms with E-state index in [0.717, 1.165) is 17.0 Å². The molecule has 3 N–H and O–H groups in total. The van der Waals surface area contributed by atoms with Gasteiger partial charge in [-0.25, -0.2) is 4.79 Å². The molecule has 1 aromatic rings. The molecule has 1 atom stereocenters. The normalized spacial score (nSPS) is 12.6. The van der Waals surface area contributed by atoms with E-state index in [4.69, 9.17) is 0 Å². The molecule has 8 heteroatoms. The maximum Gasteiger partial charge on any atom is 0.416 e. The number of rotatable bonds is 4. The maximum absolute atomic E-state index is 12.4. The molecule has 0 aliphatic carbocycles. The van der Waals surface area contributed by atoms with E-state index in [1.807, 2.05) is 0 Å². The van der Waals surface area contributed by atoms with Crippen LogP contribution in [-0.2, 0) is 17.5 Å². The quantitative estimate of drug-likeness (QED) is 0.743. The highest BCUT2D eigenvalue weighted by Gasteiger charge is 2.30. The smallest absolute Gasteiger partial charge is 0.341 e. The summed E-state index contributed by atoms with van der Waals surface area (Å²) in [7, 11) is 3.10. The number of carbonyl (C=O) groups is 2. The average molecular weight is 304 g/mol. The van der Waals surface area contributed by atoms with Crippen molar-refractivity contribution in [2.75, 3.05) is 20.6 Å². The Labute approximate surface area is 120 Å². The van der Waals surface area contributed by atoms with E-state index < -0.39 is 23.7 Å². The summed E-state index contributed by atoms with van der Waals surface area (Å²) in [5, 5.41) is 4.37. The lowest BCUT2D eigenvalue weighted by Gasteiger charge is -2.14. The molecule has 0 aliphatic heterocycles. The topological polar surface area (TPSA) is 62.6 Å². The van der Waals surface area contributed by atoms with Crippen LogP contribution in [-0.4, -0.2) is 32.6 Å². The Kier molecular flexibility index (Phi) is 5.71. The van der Waals surface area contributed by atoms with Crippen LogP contribution in [0.5, 0.6) is 0 Å². The van der Waals surface area contributed by atoms with Gasteiger partial charge >= 0.3 is 12.2 Å². The first kappa shape index (κ1) is 17.0. The highest BCUT2D eigenvalue weighted by Crippen LogP contribution is 2.28. The molecule has 21 heavy (non-hydrogen) atoms. The molecule has 0 radical (unpaired) electrons. The lowest BCUT2D eigenvalue weighted by Crippen LogP contribution is -3.09. The highest BCUT2D eigenvalue weighted by atomic mass is 19.4. The fourth-order valence-electron chi connectivity index (χ4n) is 1.73. The minimum absolute atomic E-state index is 0.0362. The van der Waals surface area contributed by atoms with Crippen molar-refractivity contribution in [1.82, 2.24) is 10.6 Å². The Morgan fingerprint density at radius 3 is 2.24 bits per heavy atom. The first-order valence-electron chi connectivity index (χ1n) is 6.21. The summed E-state index contributed by atoms with van der Waals surface area (Å²) in [6, 6.07) is 4.18. The van der Waals surface area contributed by atoms with Gasteiger partial charge in [0.25, 0.3) is 5.91 Å². The summed E-state index contributed by atoms with van der Waals surface area (Å²) in [6.07, 6.45) is -4.36. The predicted octanol–water partition coefficient (Wildman–Crippen LogP) is 0.176. The van der Waals surface area contributed by atoms with Crippen molar-refractivity contribution in [3.63, 3.8) is 0 Å². The van der Waals surface area contributed by atoms with Gasteiger partial charge in [-0.05, 0) is 12.1 Å². The van der Waals surface area contributed by atoms with Crippen molar-refractivity contribution in [1.29, 1.82) is 0 Å². The molecule has 5 nitrogen and oxygen atoms in total. The van der Waals surface area contributed by atoms with Gasteiger partial charge in [0, 0.05) is 12.6 Å². The van der Waals surface area contributed by atoms with E-state index in [9.17, 15) is 22.8 Å². The first-order chi connectivity index (χ1) is 9.72. The van der Waals surface area contributed by atoms with Crippen LogP contribution >= 0.6 is 0 Å². The van der Waals surface area contributed by atoms with Gasteiger partial charge in [0.1, 0.15) is 6.54 Å². The molecular formula is C13H17F3N3O2+. The number of urea groups is 1. The third-order valence-corrected chi connectivity index (χ3v) is 2.73. The van der Waals surface area contributed by atoms with Crippen molar-refractivity contribution in [2.24, 2.45) is 0 Å². The Morgan fingerprint density at radius 1 is 1.19 bits per heavy atom. The van der Waals surface area contributed by atoms with Crippen LogP contribution in [0.4, 0.5) is 18.0 Å². The number of amides is 3. The fourth-order valence-corrected chi connectivity index (χ4v) is 1.73. The molecule has 0 spiro atoms. The second-order valence-electron chi connectivity index (χ2n) is 4.63. The second kappa shape index (κ2) is 7.07. The van der Waals surface area contributed by atoms with Crippen molar-refractivity contribution in [3.05, 3.63) is 35.4 Å². The van der Waals surface area contributed by atoms with Crippen LogP contribution in [0.1, 0.15) is 11.1 Å². The molecule has 1 rings (SSSR count). The van der Waals surface area contributed by atoms with Gasteiger partial charge in [-0.1, -0.05) is 12.1 Å². The monoisotopic (exact) mass is 304 g/mol. The molecule has 0 aromatic heterocycles. The Morgan fingerprint density at radius 2 is 1.76 bits per heavy atom. The zero-order chi connectivity index (χ0) is 16.0. The van der Waals surface area contributed by atoms with Gasteiger partial charge in [-0.2, -0.15) is 13.2 Å². The van der Waals surface area contributed by atoms with E-state index in [0.29, 0.717) is 12.1 Å². The van der Waals surface area contributed by atoms with Crippen molar-refractivity contribution >= 4 is 11.9 Å². The molecule has 0 aliphatic rings. The molecule has 0 saturated heterocycles. The van der Waals surface area contributed by atoms with Crippen LogP contribution in [0.2, 0.25) is 0 Å². The van der Waals surface area contributed by atoms with Crippen LogP contribution in [0, 0.1) is 0 Å². The lowest BCUT2D eigenvalue weighted by atomic mass is 10.1. The van der Waals surface area contributed by atoms with E-state index in [1.54, 1.807) is 7.05 Å². The molecule has 0 heterocycles. The van der Waals surface area contributed by atoms with Crippen molar-refractivity contribution in [2.45, 2.75) is 12.7 Å². The number of imide groups is 1.